The van der Waals surface area contributed by atoms with E-state index >= 15 is 0 Å². The van der Waals surface area contributed by atoms with Gasteiger partial charge >= 0.3 is 6.18 Å². The molecule has 1 saturated heterocycles. The van der Waals surface area contributed by atoms with Crippen molar-refractivity contribution < 1.29 is 36.2 Å². The maximum absolute atomic E-state index is 13.7. The van der Waals surface area contributed by atoms with Crippen LogP contribution in [0.25, 0.3) is 0 Å². The van der Waals surface area contributed by atoms with Crippen molar-refractivity contribution in [3.8, 4) is 0 Å². The average Bonchev–Trinajstić information content (AvgIpc) is 2.77. The number of amides is 1. The second-order valence-electron chi connectivity index (χ2n) is 8.00. The predicted octanol–water partition coefficient (Wildman–Crippen LogP) is 3.68. The number of pyridine rings is 1. The minimum atomic E-state index is -4.92. The Balaban J connectivity index is 1.98. The number of benzene rings is 1. The third-order valence-corrected chi connectivity index (χ3v) is 6.61. The standard InChI is InChI=1S/C22H25F3N2O5S/c1-33(30,31)19-7-6-15(10-18(19)22(23,24)25)17(11-16-4-2-3-9-32-16)21(29)27-20-8-5-14(13-28)12-26-20/h5-8,10,12,16-17,28H,2-4,9,11,13H2,1H3,(H,26,27,29). The van der Waals surface area contributed by atoms with E-state index in [0.29, 0.717) is 24.8 Å². The number of carbonyl (C=O) groups is 1. The summed E-state index contributed by atoms with van der Waals surface area (Å²) in [7, 11) is -4.14. The van der Waals surface area contributed by atoms with E-state index in [1.54, 1.807) is 6.07 Å². The Morgan fingerprint density at radius 3 is 2.58 bits per heavy atom. The highest BCUT2D eigenvalue weighted by atomic mass is 32.2. The molecule has 0 saturated carbocycles. The molecule has 0 bridgehead atoms. The molecule has 2 heterocycles. The fourth-order valence-electron chi connectivity index (χ4n) is 3.77. The number of anilines is 1. The molecular weight excluding hydrogens is 461 g/mol. The molecule has 1 aromatic heterocycles. The first-order valence-corrected chi connectivity index (χ1v) is 12.3. The Morgan fingerprint density at radius 1 is 1.27 bits per heavy atom. The fourth-order valence-corrected chi connectivity index (χ4v) is 4.65. The highest BCUT2D eigenvalue weighted by Gasteiger charge is 2.38. The van der Waals surface area contributed by atoms with E-state index in [0.717, 1.165) is 25.0 Å². The van der Waals surface area contributed by atoms with Crippen LogP contribution >= 0.6 is 0 Å². The number of ether oxygens (including phenoxy) is 1. The van der Waals surface area contributed by atoms with Crippen LogP contribution in [-0.4, -0.2) is 43.4 Å². The van der Waals surface area contributed by atoms with E-state index in [1.165, 1.54) is 18.3 Å². The Bertz CT molecular complexity index is 1080. The largest absolute Gasteiger partial charge is 0.417 e. The minimum Gasteiger partial charge on any atom is -0.392 e. The van der Waals surface area contributed by atoms with Crippen molar-refractivity contribution in [1.82, 2.24) is 4.98 Å². The topological polar surface area (TPSA) is 106 Å². The van der Waals surface area contributed by atoms with Crippen molar-refractivity contribution in [3.63, 3.8) is 0 Å². The number of nitrogens with one attached hydrogen (secondary N) is 1. The van der Waals surface area contributed by atoms with Crippen LogP contribution in [0.2, 0.25) is 0 Å². The molecule has 2 aromatic rings. The predicted molar refractivity (Wildman–Crippen MR) is 114 cm³/mol. The summed E-state index contributed by atoms with van der Waals surface area (Å²) in [5, 5.41) is 11.7. The summed E-state index contributed by atoms with van der Waals surface area (Å²) in [6.45, 7) is 0.278. The highest BCUT2D eigenvalue weighted by molar-refractivity contribution is 7.90. The van der Waals surface area contributed by atoms with Crippen molar-refractivity contribution in [2.75, 3.05) is 18.2 Å². The van der Waals surface area contributed by atoms with E-state index < -0.39 is 38.3 Å². The number of nitrogens with zero attached hydrogens (tertiary/aromatic N) is 1. The van der Waals surface area contributed by atoms with Crippen LogP contribution in [0, 0.1) is 0 Å². The monoisotopic (exact) mass is 486 g/mol. The summed E-state index contributed by atoms with van der Waals surface area (Å²) in [5.41, 5.74) is -0.741. The van der Waals surface area contributed by atoms with Crippen LogP contribution in [-0.2, 0) is 32.2 Å². The summed E-state index contributed by atoms with van der Waals surface area (Å²) in [4.78, 5) is 16.3. The molecular formula is C22H25F3N2O5S. The Labute approximate surface area is 189 Å². The molecule has 1 aliphatic rings. The Morgan fingerprint density at radius 2 is 2.03 bits per heavy atom. The summed E-state index contributed by atoms with van der Waals surface area (Å²) in [6, 6.07) is 5.90. The van der Waals surface area contributed by atoms with Crippen LogP contribution < -0.4 is 5.32 Å². The van der Waals surface area contributed by atoms with Gasteiger partial charge in [0.25, 0.3) is 0 Å². The van der Waals surface area contributed by atoms with Crippen LogP contribution in [0.3, 0.4) is 0 Å². The molecule has 2 N–H and O–H groups in total. The van der Waals surface area contributed by atoms with Gasteiger partial charge < -0.3 is 15.2 Å². The van der Waals surface area contributed by atoms with Crippen molar-refractivity contribution >= 4 is 21.6 Å². The van der Waals surface area contributed by atoms with Crippen molar-refractivity contribution in [1.29, 1.82) is 0 Å². The molecule has 0 aliphatic carbocycles. The van der Waals surface area contributed by atoms with Crippen molar-refractivity contribution in [2.24, 2.45) is 0 Å². The van der Waals surface area contributed by atoms with Crippen LogP contribution in [0.1, 0.15) is 48.3 Å². The molecule has 33 heavy (non-hydrogen) atoms. The molecule has 2 unspecified atom stereocenters. The van der Waals surface area contributed by atoms with E-state index in [4.69, 9.17) is 9.84 Å². The second kappa shape index (κ2) is 10.2. The van der Waals surface area contributed by atoms with Crippen LogP contribution in [0.4, 0.5) is 19.0 Å². The number of hydrogen-bond acceptors (Lipinski definition) is 6. The Kier molecular flexibility index (Phi) is 7.76. The molecule has 1 fully saturated rings. The summed E-state index contributed by atoms with van der Waals surface area (Å²) in [6.07, 6.45) is -0.603. The number of aromatic nitrogens is 1. The van der Waals surface area contributed by atoms with Gasteiger partial charge in [-0.1, -0.05) is 12.1 Å². The summed E-state index contributed by atoms with van der Waals surface area (Å²) < 4.78 is 70.5. The number of aliphatic hydroxyl groups excluding tert-OH is 1. The third kappa shape index (κ3) is 6.52. The maximum atomic E-state index is 13.7. The van der Waals surface area contributed by atoms with Gasteiger partial charge in [0.15, 0.2) is 9.84 Å². The molecule has 2 atom stereocenters. The van der Waals surface area contributed by atoms with Gasteiger partial charge in [0.2, 0.25) is 5.91 Å². The zero-order valence-corrected chi connectivity index (χ0v) is 18.7. The van der Waals surface area contributed by atoms with Gasteiger partial charge in [-0.25, -0.2) is 13.4 Å². The fraction of sp³-hybridized carbons (Fsp3) is 0.455. The first-order valence-electron chi connectivity index (χ1n) is 10.4. The third-order valence-electron chi connectivity index (χ3n) is 5.46. The lowest BCUT2D eigenvalue weighted by atomic mass is 9.89. The maximum Gasteiger partial charge on any atom is 0.417 e. The number of aliphatic hydroxyl groups is 1. The number of hydrogen-bond donors (Lipinski definition) is 2. The first-order chi connectivity index (χ1) is 15.5. The van der Waals surface area contributed by atoms with E-state index in [1.807, 2.05) is 0 Å². The Hall–Kier alpha value is -2.50. The lowest BCUT2D eigenvalue weighted by molar-refractivity contribution is -0.140. The first kappa shape index (κ1) is 25.1. The van der Waals surface area contributed by atoms with Gasteiger partial charge in [0.05, 0.1) is 29.1 Å². The van der Waals surface area contributed by atoms with Gasteiger partial charge in [-0.3, -0.25) is 4.79 Å². The number of rotatable bonds is 7. The summed E-state index contributed by atoms with van der Waals surface area (Å²) in [5.74, 6) is -1.44. The van der Waals surface area contributed by atoms with Crippen LogP contribution in [0.15, 0.2) is 41.4 Å². The smallest absolute Gasteiger partial charge is 0.392 e. The molecule has 1 aromatic carbocycles. The number of alkyl halides is 3. The van der Waals surface area contributed by atoms with E-state index in [2.05, 4.69) is 10.3 Å². The van der Waals surface area contributed by atoms with Gasteiger partial charge in [0, 0.05) is 19.1 Å². The zero-order valence-electron chi connectivity index (χ0n) is 17.9. The van der Waals surface area contributed by atoms with Crippen molar-refractivity contribution in [2.45, 2.75) is 55.4 Å². The van der Waals surface area contributed by atoms with Crippen molar-refractivity contribution in [3.05, 3.63) is 53.2 Å². The number of carbonyl (C=O) groups excluding carboxylic acids is 1. The van der Waals surface area contributed by atoms with E-state index in [-0.39, 0.29) is 30.5 Å². The van der Waals surface area contributed by atoms with Gasteiger partial charge in [-0.15, -0.1) is 0 Å². The lowest BCUT2D eigenvalue weighted by Gasteiger charge is -2.27. The average molecular weight is 487 g/mol. The van der Waals surface area contributed by atoms with Gasteiger partial charge in [-0.2, -0.15) is 13.2 Å². The number of sulfone groups is 1. The number of halogens is 3. The molecule has 0 radical (unpaired) electrons. The zero-order chi connectivity index (χ0) is 24.2. The molecule has 11 heteroatoms. The molecule has 180 valence electrons. The molecule has 7 nitrogen and oxygen atoms in total. The quantitative estimate of drug-likeness (QED) is 0.619. The molecule has 3 rings (SSSR count). The second-order valence-corrected chi connectivity index (χ2v) is 9.99. The SMILES string of the molecule is CS(=O)(=O)c1ccc(C(CC2CCCCO2)C(=O)Nc2ccc(CO)cn2)cc1C(F)(F)F. The minimum absolute atomic E-state index is 0.0355. The van der Waals surface area contributed by atoms with Gasteiger partial charge in [0.1, 0.15) is 5.82 Å². The highest BCUT2D eigenvalue weighted by Crippen LogP contribution is 2.37. The normalized spacial score (nSPS) is 18.0. The van der Waals surface area contributed by atoms with Gasteiger partial charge in [-0.05, 0) is 55.0 Å². The lowest BCUT2D eigenvalue weighted by Crippen LogP contribution is -2.29. The van der Waals surface area contributed by atoms with E-state index in [9.17, 15) is 26.4 Å². The summed E-state index contributed by atoms with van der Waals surface area (Å²) >= 11 is 0. The van der Waals surface area contributed by atoms with Crippen LogP contribution in [0.5, 0.6) is 0 Å². The molecule has 0 spiro atoms. The molecule has 1 aliphatic heterocycles. The molecule has 1 amide bonds.